The van der Waals surface area contributed by atoms with Crippen LogP contribution in [-0.2, 0) is 4.79 Å². The maximum absolute atomic E-state index is 12.1. The van der Waals surface area contributed by atoms with Gasteiger partial charge in [-0.05, 0) is 19.3 Å². The Bertz CT molecular complexity index is 425. The second-order valence-electron chi connectivity index (χ2n) is 9.47. The highest BCUT2D eigenvalue weighted by Gasteiger charge is 2.17. The van der Waals surface area contributed by atoms with Gasteiger partial charge in [0.1, 0.15) is 0 Å². The molecule has 0 fully saturated rings. The molecule has 190 valence electrons. The summed E-state index contributed by atoms with van der Waals surface area (Å²) in [6.07, 6.45) is 27.1. The lowest BCUT2D eigenvalue weighted by atomic mass is 10.0. The Morgan fingerprint density at radius 2 is 1.16 bits per heavy atom. The van der Waals surface area contributed by atoms with Crippen molar-refractivity contribution in [3.05, 3.63) is 12.2 Å². The summed E-state index contributed by atoms with van der Waals surface area (Å²) in [4.78, 5) is 12.1. The standard InChI is InChI=1S/C28H55NO3/c1-3-5-7-9-11-13-14-15-16-18-20-22-24-28(32)29-26(25-30)27(31)23-21-19-17-12-10-8-6-4-2/h21,23,26-27,30-31H,3-20,22,24-25H2,1-2H3,(H,29,32)/b23-21+. The molecule has 0 aliphatic rings. The molecule has 0 aromatic heterocycles. The van der Waals surface area contributed by atoms with Crippen molar-refractivity contribution in [2.24, 2.45) is 0 Å². The molecule has 0 saturated heterocycles. The lowest BCUT2D eigenvalue weighted by Crippen LogP contribution is -2.45. The van der Waals surface area contributed by atoms with Crippen LogP contribution in [-0.4, -0.2) is 34.9 Å². The van der Waals surface area contributed by atoms with Gasteiger partial charge in [0.2, 0.25) is 5.91 Å². The van der Waals surface area contributed by atoms with Crippen LogP contribution in [0.1, 0.15) is 142 Å². The lowest BCUT2D eigenvalue weighted by Gasteiger charge is -2.20. The van der Waals surface area contributed by atoms with Gasteiger partial charge in [-0.3, -0.25) is 4.79 Å². The fourth-order valence-corrected chi connectivity index (χ4v) is 4.06. The molecule has 0 aromatic rings. The Kier molecular flexibility index (Phi) is 24.1. The third-order valence-corrected chi connectivity index (χ3v) is 6.27. The molecule has 4 heteroatoms. The van der Waals surface area contributed by atoms with Gasteiger partial charge in [-0.2, -0.15) is 0 Å². The molecule has 2 unspecified atom stereocenters. The van der Waals surface area contributed by atoms with Crippen molar-refractivity contribution in [3.8, 4) is 0 Å². The number of aliphatic hydroxyl groups excluding tert-OH is 2. The normalized spacial score (nSPS) is 13.5. The number of hydrogen-bond donors (Lipinski definition) is 3. The lowest BCUT2D eigenvalue weighted by molar-refractivity contribution is -0.123. The van der Waals surface area contributed by atoms with E-state index in [9.17, 15) is 15.0 Å². The van der Waals surface area contributed by atoms with E-state index in [4.69, 9.17) is 0 Å². The van der Waals surface area contributed by atoms with Crippen molar-refractivity contribution >= 4 is 5.91 Å². The van der Waals surface area contributed by atoms with Gasteiger partial charge in [-0.15, -0.1) is 0 Å². The third kappa shape index (κ3) is 21.0. The second-order valence-corrected chi connectivity index (χ2v) is 9.47. The zero-order valence-electron chi connectivity index (χ0n) is 21.5. The molecule has 0 aliphatic carbocycles. The first-order valence-corrected chi connectivity index (χ1v) is 13.9. The minimum Gasteiger partial charge on any atom is -0.394 e. The summed E-state index contributed by atoms with van der Waals surface area (Å²) in [6, 6.07) is -0.611. The van der Waals surface area contributed by atoms with Crippen molar-refractivity contribution in [1.82, 2.24) is 5.32 Å². The molecule has 0 rings (SSSR count). The average Bonchev–Trinajstić information content (AvgIpc) is 2.79. The summed E-state index contributed by atoms with van der Waals surface area (Å²) in [7, 11) is 0. The average molecular weight is 454 g/mol. The Hall–Kier alpha value is -0.870. The molecule has 32 heavy (non-hydrogen) atoms. The second kappa shape index (κ2) is 24.8. The van der Waals surface area contributed by atoms with E-state index < -0.39 is 12.1 Å². The van der Waals surface area contributed by atoms with Crippen LogP contribution in [0, 0.1) is 0 Å². The van der Waals surface area contributed by atoms with E-state index in [-0.39, 0.29) is 12.5 Å². The predicted octanol–water partition coefficient (Wildman–Crippen LogP) is 7.22. The molecule has 0 aromatic carbocycles. The quantitative estimate of drug-likeness (QED) is 0.107. The number of rotatable bonds is 24. The first-order chi connectivity index (χ1) is 15.7. The van der Waals surface area contributed by atoms with Crippen molar-refractivity contribution in [2.45, 2.75) is 154 Å². The summed E-state index contributed by atoms with van der Waals surface area (Å²) in [5.74, 6) is -0.0699. The maximum Gasteiger partial charge on any atom is 0.220 e. The van der Waals surface area contributed by atoms with Crippen LogP contribution in [0.5, 0.6) is 0 Å². The summed E-state index contributed by atoms with van der Waals surface area (Å²) >= 11 is 0. The number of aliphatic hydroxyl groups is 2. The van der Waals surface area contributed by atoms with E-state index >= 15 is 0 Å². The number of amides is 1. The van der Waals surface area contributed by atoms with Crippen molar-refractivity contribution < 1.29 is 15.0 Å². The van der Waals surface area contributed by atoms with Gasteiger partial charge in [-0.25, -0.2) is 0 Å². The fourth-order valence-electron chi connectivity index (χ4n) is 4.06. The molecular formula is C28H55NO3. The zero-order valence-corrected chi connectivity index (χ0v) is 21.5. The first kappa shape index (κ1) is 31.1. The van der Waals surface area contributed by atoms with Gasteiger partial charge in [-0.1, -0.05) is 129 Å². The highest BCUT2D eigenvalue weighted by molar-refractivity contribution is 5.76. The molecule has 0 spiro atoms. The van der Waals surface area contributed by atoms with Crippen LogP contribution in [0.2, 0.25) is 0 Å². The molecule has 0 radical (unpaired) electrons. The summed E-state index contributed by atoms with van der Waals surface area (Å²) < 4.78 is 0. The smallest absolute Gasteiger partial charge is 0.220 e. The van der Waals surface area contributed by atoms with Gasteiger partial charge in [0.05, 0.1) is 18.8 Å². The topological polar surface area (TPSA) is 69.6 Å². The fraction of sp³-hybridized carbons (Fsp3) is 0.893. The SMILES string of the molecule is CCCCCCCC/C=C/C(O)C(CO)NC(=O)CCCCCCCCCCCCCC. The minimum atomic E-state index is -0.828. The Labute approximate surface area is 199 Å². The highest BCUT2D eigenvalue weighted by atomic mass is 16.3. The number of unbranched alkanes of at least 4 members (excludes halogenated alkanes) is 17. The van der Waals surface area contributed by atoms with Crippen LogP contribution in [0.3, 0.4) is 0 Å². The minimum absolute atomic E-state index is 0.0699. The van der Waals surface area contributed by atoms with E-state index in [1.165, 1.54) is 96.3 Å². The predicted molar refractivity (Wildman–Crippen MR) is 138 cm³/mol. The summed E-state index contributed by atoms with van der Waals surface area (Å²) in [5, 5.41) is 22.6. The summed E-state index contributed by atoms with van der Waals surface area (Å²) in [6.45, 7) is 4.24. The van der Waals surface area contributed by atoms with E-state index in [0.29, 0.717) is 6.42 Å². The van der Waals surface area contributed by atoms with Crippen molar-refractivity contribution in [1.29, 1.82) is 0 Å². The van der Waals surface area contributed by atoms with Crippen LogP contribution in [0.25, 0.3) is 0 Å². The molecule has 0 heterocycles. The highest BCUT2D eigenvalue weighted by Crippen LogP contribution is 2.13. The largest absolute Gasteiger partial charge is 0.394 e. The number of nitrogens with one attached hydrogen (secondary N) is 1. The number of carbonyl (C=O) groups excluding carboxylic acids is 1. The van der Waals surface area contributed by atoms with Crippen molar-refractivity contribution in [3.63, 3.8) is 0 Å². The Balaban J connectivity index is 3.68. The monoisotopic (exact) mass is 453 g/mol. The molecule has 0 bridgehead atoms. The van der Waals surface area contributed by atoms with Gasteiger partial charge in [0.15, 0.2) is 0 Å². The zero-order chi connectivity index (χ0) is 23.7. The molecule has 0 aliphatic heterocycles. The first-order valence-electron chi connectivity index (χ1n) is 13.9. The van der Waals surface area contributed by atoms with E-state index in [1.807, 2.05) is 6.08 Å². The Morgan fingerprint density at radius 1 is 0.719 bits per heavy atom. The number of carbonyl (C=O) groups is 1. The number of allylic oxidation sites excluding steroid dienone is 1. The van der Waals surface area contributed by atoms with E-state index in [1.54, 1.807) is 6.08 Å². The number of hydrogen-bond acceptors (Lipinski definition) is 3. The Morgan fingerprint density at radius 3 is 1.62 bits per heavy atom. The molecular weight excluding hydrogens is 398 g/mol. The molecule has 2 atom stereocenters. The molecule has 3 N–H and O–H groups in total. The summed E-state index contributed by atoms with van der Waals surface area (Å²) in [5.41, 5.74) is 0. The molecule has 0 saturated carbocycles. The van der Waals surface area contributed by atoms with Gasteiger partial charge in [0.25, 0.3) is 0 Å². The molecule has 1 amide bonds. The van der Waals surface area contributed by atoms with Gasteiger partial charge < -0.3 is 15.5 Å². The van der Waals surface area contributed by atoms with Gasteiger partial charge >= 0.3 is 0 Å². The van der Waals surface area contributed by atoms with Crippen LogP contribution in [0.4, 0.5) is 0 Å². The van der Waals surface area contributed by atoms with Crippen LogP contribution in [0.15, 0.2) is 12.2 Å². The van der Waals surface area contributed by atoms with Crippen LogP contribution < -0.4 is 5.32 Å². The van der Waals surface area contributed by atoms with Gasteiger partial charge in [0, 0.05) is 6.42 Å². The van der Waals surface area contributed by atoms with E-state index in [0.717, 1.165) is 25.7 Å². The maximum atomic E-state index is 12.1. The van der Waals surface area contributed by atoms with Crippen LogP contribution >= 0.6 is 0 Å². The van der Waals surface area contributed by atoms with E-state index in [2.05, 4.69) is 19.2 Å². The van der Waals surface area contributed by atoms with Crippen molar-refractivity contribution in [2.75, 3.05) is 6.61 Å². The third-order valence-electron chi connectivity index (χ3n) is 6.27. The molecule has 4 nitrogen and oxygen atoms in total.